The minimum atomic E-state index is -4.65. The van der Waals surface area contributed by atoms with E-state index >= 15 is 0 Å². The van der Waals surface area contributed by atoms with Crippen LogP contribution in [0.5, 0.6) is 5.75 Å². The molecule has 0 aromatic heterocycles. The average molecular weight is 260 g/mol. The normalized spacial score (nSPS) is 17.9. The number of hydrogen-bond donors (Lipinski definition) is 1. The quantitative estimate of drug-likeness (QED) is 0.888. The molecule has 0 spiro atoms. The first-order chi connectivity index (χ1) is 8.44. The Labute approximate surface area is 103 Å². The molecular formula is C12H15F3N2O. The summed E-state index contributed by atoms with van der Waals surface area (Å²) >= 11 is 0. The van der Waals surface area contributed by atoms with Crippen LogP contribution in [0.4, 0.5) is 18.9 Å². The molecule has 18 heavy (non-hydrogen) atoms. The lowest BCUT2D eigenvalue weighted by atomic mass is 10.1. The van der Waals surface area contributed by atoms with E-state index < -0.39 is 6.36 Å². The molecule has 1 fully saturated rings. The van der Waals surface area contributed by atoms with Gasteiger partial charge in [0.1, 0.15) is 5.75 Å². The summed E-state index contributed by atoms with van der Waals surface area (Å²) < 4.78 is 40.2. The highest BCUT2D eigenvalue weighted by Crippen LogP contribution is 2.28. The zero-order valence-electron chi connectivity index (χ0n) is 9.78. The van der Waals surface area contributed by atoms with Gasteiger partial charge in [0.05, 0.1) is 0 Å². The second-order valence-electron chi connectivity index (χ2n) is 4.37. The maximum Gasteiger partial charge on any atom is 0.573 e. The number of ether oxygens (including phenoxy) is 1. The van der Waals surface area contributed by atoms with Crippen molar-refractivity contribution in [1.82, 2.24) is 0 Å². The van der Waals surface area contributed by atoms with Crippen LogP contribution in [0.15, 0.2) is 24.3 Å². The molecule has 100 valence electrons. The molecule has 3 nitrogen and oxygen atoms in total. The van der Waals surface area contributed by atoms with Gasteiger partial charge in [-0.2, -0.15) is 0 Å². The van der Waals surface area contributed by atoms with Crippen molar-refractivity contribution in [2.24, 2.45) is 5.73 Å². The molecule has 6 heteroatoms. The number of rotatable bonds is 2. The third kappa shape index (κ3) is 3.53. The molecule has 1 aromatic carbocycles. The predicted molar refractivity (Wildman–Crippen MR) is 62.5 cm³/mol. The second-order valence-corrected chi connectivity index (χ2v) is 4.37. The first-order valence-electron chi connectivity index (χ1n) is 5.80. The Hall–Kier alpha value is -1.43. The average Bonchev–Trinajstić information content (AvgIpc) is 2.28. The molecule has 0 unspecified atom stereocenters. The van der Waals surface area contributed by atoms with E-state index in [2.05, 4.69) is 4.74 Å². The number of alkyl halides is 3. The number of anilines is 1. The van der Waals surface area contributed by atoms with E-state index in [0.29, 0.717) is 0 Å². The van der Waals surface area contributed by atoms with E-state index in [4.69, 9.17) is 5.73 Å². The van der Waals surface area contributed by atoms with Crippen LogP contribution in [-0.2, 0) is 0 Å². The van der Waals surface area contributed by atoms with Crippen LogP contribution >= 0.6 is 0 Å². The molecule has 0 atom stereocenters. The van der Waals surface area contributed by atoms with Crippen molar-refractivity contribution < 1.29 is 17.9 Å². The lowest BCUT2D eigenvalue weighted by Gasteiger charge is -2.32. The molecule has 2 N–H and O–H groups in total. The van der Waals surface area contributed by atoms with Crippen molar-refractivity contribution in [3.8, 4) is 5.75 Å². The topological polar surface area (TPSA) is 38.5 Å². The summed E-state index contributed by atoms with van der Waals surface area (Å²) in [5.41, 5.74) is 6.53. The molecule has 1 saturated heterocycles. The summed E-state index contributed by atoms with van der Waals surface area (Å²) in [6, 6.07) is 6.23. The fourth-order valence-electron chi connectivity index (χ4n) is 2.03. The lowest BCUT2D eigenvalue weighted by Crippen LogP contribution is -2.39. The van der Waals surface area contributed by atoms with E-state index in [9.17, 15) is 13.2 Å². The monoisotopic (exact) mass is 260 g/mol. The third-order valence-corrected chi connectivity index (χ3v) is 2.96. The van der Waals surface area contributed by atoms with Crippen LogP contribution in [0.3, 0.4) is 0 Å². The van der Waals surface area contributed by atoms with E-state index in [0.717, 1.165) is 31.6 Å². The highest BCUT2D eigenvalue weighted by molar-refractivity contribution is 5.51. The van der Waals surface area contributed by atoms with Gasteiger partial charge in [-0.05, 0) is 25.0 Å². The van der Waals surface area contributed by atoms with Crippen LogP contribution < -0.4 is 15.4 Å². The predicted octanol–water partition coefficient (Wildman–Crippen LogP) is 2.51. The van der Waals surface area contributed by atoms with Crippen molar-refractivity contribution in [2.45, 2.75) is 25.2 Å². The summed E-state index contributed by atoms with van der Waals surface area (Å²) in [5.74, 6) is -0.185. The highest BCUT2D eigenvalue weighted by atomic mass is 19.4. The molecule has 0 saturated carbocycles. The van der Waals surface area contributed by atoms with Crippen molar-refractivity contribution >= 4 is 5.69 Å². The highest BCUT2D eigenvalue weighted by Gasteiger charge is 2.31. The number of piperidine rings is 1. The number of benzene rings is 1. The smallest absolute Gasteiger partial charge is 0.406 e. The van der Waals surface area contributed by atoms with Crippen LogP contribution in [0.2, 0.25) is 0 Å². The lowest BCUT2D eigenvalue weighted by molar-refractivity contribution is -0.274. The van der Waals surface area contributed by atoms with E-state index in [1.165, 1.54) is 12.1 Å². The standard InChI is InChI=1S/C12H15F3N2O/c13-12(14,15)18-11-3-1-2-10(8-11)17-6-4-9(16)5-7-17/h1-3,8-9H,4-7,16H2. The summed E-state index contributed by atoms with van der Waals surface area (Å²) in [5, 5.41) is 0. The molecule has 1 aliphatic heterocycles. The summed E-state index contributed by atoms with van der Waals surface area (Å²) in [6.45, 7) is 1.52. The number of nitrogens with two attached hydrogens (primary N) is 1. The van der Waals surface area contributed by atoms with Gasteiger partial charge in [0.2, 0.25) is 0 Å². The molecule has 1 aliphatic rings. The van der Waals surface area contributed by atoms with Crippen LogP contribution in [0.1, 0.15) is 12.8 Å². The molecule has 0 bridgehead atoms. The molecular weight excluding hydrogens is 245 g/mol. The fraction of sp³-hybridized carbons (Fsp3) is 0.500. The van der Waals surface area contributed by atoms with Gasteiger partial charge in [-0.1, -0.05) is 6.07 Å². The Bertz CT molecular complexity index is 401. The maximum atomic E-state index is 12.1. The summed E-state index contributed by atoms with van der Waals surface area (Å²) in [4.78, 5) is 2.02. The van der Waals surface area contributed by atoms with Crippen LogP contribution in [0, 0.1) is 0 Å². The minimum absolute atomic E-state index is 0.185. The van der Waals surface area contributed by atoms with Gasteiger partial charge in [0.15, 0.2) is 0 Å². The van der Waals surface area contributed by atoms with Crippen molar-refractivity contribution in [2.75, 3.05) is 18.0 Å². The minimum Gasteiger partial charge on any atom is -0.406 e. The molecule has 0 aliphatic carbocycles. The van der Waals surface area contributed by atoms with Gasteiger partial charge in [0.25, 0.3) is 0 Å². The first-order valence-corrected chi connectivity index (χ1v) is 5.80. The van der Waals surface area contributed by atoms with E-state index in [-0.39, 0.29) is 11.8 Å². The number of nitrogens with zero attached hydrogens (tertiary/aromatic N) is 1. The Morgan fingerprint density at radius 1 is 1.22 bits per heavy atom. The summed E-state index contributed by atoms with van der Waals surface area (Å²) in [6.07, 6.45) is -2.95. The molecule has 0 amide bonds. The zero-order chi connectivity index (χ0) is 13.2. The van der Waals surface area contributed by atoms with Crippen LogP contribution in [0.25, 0.3) is 0 Å². The Morgan fingerprint density at radius 3 is 2.50 bits per heavy atom. The van der Waals surface area contributed by atoms with Gasteiger partial charge < -0.3 is 15.4 Å². The van der Waals surface area contributed by atoms with Gasteiger partial charge in [-0.3, -0.25) is 0 Å². The van der Waals surface area contributed by atoms with Crippen molar-refractivity contribution in [3.05, 3.63) is 24.3 Å². The molecule has 0 radical (unpaired) electrons. The third-order valence-electron chi connectivity index (χ3n) is 2.96. The van der Waals surface area contributed by atoms with Gasteiger partial charge in [0, 0.05) is 30.9 Å². The van der Waals surface area contributed by atoms with Gasteiger partial charge >= 0.3 is 6.36 Å². The number of hydrogen-bond acceptors (Lipinski definition) is 3. The molecule has 2 rings (SSSR count). The zero-order valence-corrected chi connectivity index (χ0v) is 9.78. The van der Waals surface area contributed by atoms with Crippen molar-refractivity contribution in [1.29, 1.82) is 0 Å². The second kappa shape index (κ2) is 5.06. The SMILES string of the molecule is NC1CCN(c2cccc(OC(F)(F)F)c2)CC1. The van der Waals surface area contributed by atoms with Gasteiger partial charge in [-0.25, -0.2) is 0 Å². The van der Waals surface area contributed by atoms with E-state index in [1.807, 2.05) is 4.90 Å². The largest absolute Gasteiger partial charge is 0.573 e. The Morgan fingerprint density at radius 2 is 1.89 bits per heavy atom. The van der Waals surface area contributed by atoms with Gasteiger partial charge in [-0.15, -0.1) is 13.2 Å². The van der Waals surface area contributed by atoms with Crippen LogP contribution in [-0.4, -0.2) is 25.5 Å². The fourth-order valence-corrected chi connectivity index (χ4v) is 2.03. The molecule has 1 heterocycles. The molecule has 1 aromatic rings. The number of halogens is 3. The Kier molecular flexibility index (Phi) is 3.65. The summed E-state index contributed by atoms with van der Waals surface area (Å²) in [7, 11) is 0. The maximum absolute atomic E-state index is 12.1. The first kappa shape index (κ1) is 13.0. The Balaban J connectivity index is 2.07. The van der Waals surface area contributed by atoms with E-state index in [1.54, 1.807) is 12.1 Å². The van der Waals surface area contributed by atoms with Crippen molar-refractivity contribution in [3.63, 3.8) is 0 Å².